The van der Waals surface area contributed by atoms with Crippen molar-refractivity contribution in [2.75, 3.05) is 36.5 Å². The van der Waals surface area contributed by atoms with Crippen LogP contribution in [0, 0.1) is 10.1 Å². The van der Waals surface area contributed by atoms with Crippen molar-refractivity contribution >= 4 is 23.2 Å². The van der Waals surface area contributed by atoms with Crippen LogP contribution in [0.4, 0.5) is 17.3 Å². The summed E-state index contributed by atoms with van der Waals surface area (Å²) >= 11 is 0. The average Bonchev–Trinajstić information content (AvgIpc) is 2.84. The van der Waals surface area contributed by atoms with Gasteiger partial charge in [0.1, 0.15) is 12.0 Å². The smallest absolute Gasteiger partial charge is 0.348 e. The zero-order valence-corrected chi connectivity index (χ0v) is 17.2. The number of benzene rings is 1. The zero-order valence-electron chi connectivity index (χ0n) is 17.2. The van der Waals surface area contributed by atoms with Gasteiger partial charge in [-0.05, 0) is 17.7 Å². The monoisotopic (exact) mass is 434 g/mol. The van der Waals surface area contributed by atoms with E-state index in [-0.39, 0.29) is 23.0 Å². The Balaban J connectivity index is 1.44. The lowest BCUT2D eigenvalue weighted by Gasteiger charge is -2.35. The molecule has 0 atom stereocenters. The fourth-order valence-corrected chi connectivity index (χ4v) is 3.50. The molecular formula is C21H22N8O3. The molecular weight excluding hydrogens is 412 g/mol. The quantitative estimate of drug-likeness (QED) is 0.423. The highest BCUT2D eigenvalue weighted by Gasteiger charge is 2.29. The minimum atomic E-state index is -0.541. The summed E-state index contributed by atoms with van der Waals surface area (Å²) < 4.78 is 0. The molecule has 2 N–H and O–H groups in total. The van der Waals surface area contributed by atoms with Gasteiger partial charge < -0.3 is 4.90 Å². The van der Waals surface area contributed by atoms with Crippen molar-refractivity contribution in [2.24, 2.45) is 0 Å². The third-order valence-corrected chi connectivity index (χ3v) is 5.10. The Morgan fingerprint density at radius 1 is 1.00 bits per heavy atom. The maximum Gasteiger partial charge on any atom is 0.355 e. The molecule has 11 nitrogen and oxygen atoms in total. The second kappa shape index (κ2) is 9.79. The van der Waals surface area contributed by atoms with E-state index in [9.17, 15) is 14.9 Å². The molecule has 0 bridgehead atoms. The SMILES string of the molecule is O=C(NNc1ncnc(N2CCN(Cc3ccccc3)CC2)c1[N+](=O)[O-])c1ccccn1. The first-order valence-corrected chi connectivity index (χ1v) is 10.1. The Kier molecular flexibility index (Phi) is 6.46. The number of hydrogen-bond acceptors (Lipinski definition) is 9. The summed E-state index contributed by atoms with van der Waals surface area (Å²) in [6.07, 6.45) is 2.73. The van der Waals surface area contributed by atoms with E-state index >= 15 is 0 Å². The fraction of sp³-hybridized carbons (Fsp3) is 0.238. The molecule has 1 aliphatic heterocycles. The van der Waals surface area contributed by atoms with E-state index in [1.165, 1.54) is 24.2 Å². The number of nitro groups is 1. The predicted molar refractivity (Wildman–Crippen MR) is 118 cm³/mol. The van der Waals surface area contributed by atoms with Crippen LogP contribution >= 0.6 is 0 Å². The van der Waals surface area contributed by atoms with Gasteiger partial charge in [-0.15, -0.1) is 0 Å². The van der Waals surface area contributed by atoms with Gasteiger partial charge >= 0.3 is 5.69 Å². The summed E-state index contributed by atoms with van der Waals surface area (Å²) in [4.78, 5) is 39.7. The van der Waals surface area contributed by atoms with Gasteiger partial charge in [-0.25, -0.2) is 9.97 Å². The summed E-state index contributed by atoms with van der Waals surface area (Å²) in [7, 11) is 0. The molecule has 32 heavy (non-hydrogen) atoms. The van der Waals surface area contributed by atoms with Crippen LogP contribution in [0.15, 0.2) is 61.1 Å². The van der Waals surface area contributed by atoms with Crippen molar-refractivity contribution < 1.29 is 9.72 Å². The number of carbonyl (C=O) groups is 1. The van der Waals surface area contributed by atoms with Crippen LogP contribution in [0.3, 0.4) is 0 Å². The molecule has 0 spiro atoms. The number of nitrogens with one attached hydrogen (secondary N) is 2. The van der Waals surface area contributed by atoms with Gasteiger partial charge in [0.05, 0.1) is 4.92 Å². The van der Waals surface area contributed by atoms with E-state index < -0.39 is 10.8 Å². The molecule has 1 aliphatic rings. The number of nitrogens with zero attached hydrogens (tertiary/aromatic N) is 6. The van der Waals surface area contributed by atoms with Gasteiger partial charge in [-0.1, -0.05) is 36.4 Å². The van der Waals surface area contributed by atoms with Gasteiger partial charge in [0.2, 0.25) is 11.6 Å². The number of anilines is 2. The number of piperazine rings is 1. The van der Waals surface area contributed by atoms with Gasteiger partial charge in [0, 0.05) is 38.9 Å². The number of pyridine rings is 1. The lowest BCUT2D eigenvalue weighted by Crippen LogP contribution is -2.46. The second-order valence-corrected chi connectivity index (χ2v) is 7.19. The maximum atomic E-state index is 12.2. The van der Waals surface area contributed by atoms with Gasteiger partial charge in [0.15, 0.2) is 0 Å². The van der Waals surface area contributed by atoms with Crippen molar-refractivity contribution in [1.29, 1.82) is 0 Å². The van der Waals surface area contributed by atoms with Crippen LogP contribution in [0.25, 0.3) is 0 Å². The summed E-state index contributed by atoms with van der Waals surface area (Å²) in [6.45, 7) is 3.49. The minimum absolute atomic E-state index is 0.0870. The predicted octanol–water partition coefficient (Wildman–Crippen LogP) is 1.86. The first-order chi connectivity index (χ1) is 15.6. The minimum Gasteiger partial charge on any atom is -0.348 e. The average molecular weight is 434 g/mol. The number of carbonyl (C=O) groups excluding carboxylic acids is 1. The highest BCUT2D eigenvalue weighted by Crippen LogP contribution is 2.32. The van der Waals surface area contributed by atoms with E-state index in [1.807, 2.05) is 23.1 Å². The molecule has 1 amide bonds. The molecule has 1 aromatic carbocycles. The van der Waals surface area contributed by atoms with Crippen molar-refractivity contribution in [3.05, 3.63) is 82.4 Å². The summed E-state index contributed by atoms with van der Waals surface area (Å²) in [6, 6.07) is 15.1. The number of hydrogen-bond donors (Lipinski definition) is 2. The summed E-state index contributed by atoms with van der Waals surface area (Å²) in [5.41, 5.74) is 6.06. The van der Waals surface area contributed by atoms with Gasteiger partial charge in [0.25, 0.3) is 5.91 Å². The van der Waals surface area contributed by atoms with E-state index in [4.69, 9.17) is 0 Å². The lowest BCUT2D eigenvalue weighted by atomic mass is 10.2. The molecule has 1 fully saturated rings. The third-order valence-electron chi connectivity index (χ3n) is 5.10. The first kappa shape index (κ1) is 21.1. The van der Waals surface area contributed by atoms with E-state index in [2.05, 4.69) is 42.8 Å². The number of aromatic nitrogens is 3. The molecule has 11 heteroatoms. The number of rotatable bonds is 7. The van der Waals surface area contributed by atoms with Crippen LogP contribution in [-0.2, 0) is 6.54 Å². The lowest BCUT2D eigenvalue weighted by molar-refractivity contribution is -0.383. The molecule has 0 saturated carbocycles. The zero-order chi connectivity index (χ0) is 22.3. The standard InChI is InChI=1S/C21H22N8O3/c30-21(17-8-4-5-9-22-17)26-25-19-18(29(31)32)20(24-15-23-19)28-12-10-27(11-13-28)14-16-6-2-1-3-7-16/h1-9,15H,10-14H2,(H,26,30)(H,23,24,25). The molecule has 1 saturated heterocycles. The molecule has 0 unspecified atom stereocenters. The molecule has 0 radical (unpaired) electrons. The summed E-state index contributed by atoms with van der Waals surface area (Å²) in [5.74, 6) is -0.399. The molecule has 3 heterocycles. The normalized spacial score (nSPS) is 14.1. The number of amides is 1. The van der Waals surface area contributed by atoms with Crippen LogP contribution in [0.5, 0.6) is 0 Å². The Hall–Kier alpha value is -4.12. The second-order valence-electron chi connectivity index (χ2n) is 7.19. The van der Waals surface area contributed by atoms with E-state index in [0.29, 0.717) is 13.1 Å². The summed E-state index contributed by atoms with van der Waals surface area (Å²) in [5, 5.41) is 11.8. The van der Waals surface area contributed by atoms with Crippen molar-refractivity contribution in [2.45, 2.75) is 6.54 Å². The van der Waals surface area contributed by atoms with Crippen molar-refractivity contribution in [3.8, 4) is 0 Å². The van der Waals surface area contributed by atoms with Crippen molar-refractivity contribution in [1.82, 2.24) is 25.3 Å². The Labute approximate surface area is 184 Å². The number of hydrazine groups is 1. The highest BCUT2D eigenvalue weighted by atomic mass is 16.6. The third kappa shape index (κ3) is 4.95. The van der Waals surface area contributed by atoms with Gasteiger partial charge in [-0.3, -0.25) is 35.6 Å². The van der Waals surface area contributed by atoms with Crippen LogP contribution in [-0.4, -0.2) is 56.9 Å². The molecule has 4 rings (SSSR count). The van der Waals surface area contributed by atoms with Crippen LogP contribution < -0.4 is 15.8 Å². The molecule has 164 valence electrons. The highest BCUT2D eigenvalue weighted by molar-refractivity contribution is 5.93. The van der Waals surface area contributed by atoms with Crippen molar-refractivity contribution in [3.63, 3.8) is 0 Å². The molecule has 2 aromatic heterocycles. The Morgan fingerprint density at radius 2 is 1.75 bits per heavy atom. The topological polar surface area (TPSA) is 129 Å². The molecule has 0 aliphatic carbocycles. The largest absolute Gasteiger partial charge is 0.355 e. The van der Waals surface area contributed by atoms with E-state index in [0.717, 1.165) is 19.6 Å². The van der Waals surface area contributed by atoms with Crippen LogP contribution in [0.1, 0.15) is 16.1 Å². The molecule has 3 aromatic rings. The fourth-order valence-electron chi connectivity index (χ4n) is 3.50. The Bertz CT molecular complexity index is 1070. The first-order valence-electron chi connectivity index (χ1n) is 10.1. The van der Waals surface area contributed by atoms with E-state index in [1.54, 1.807) is 12.1 Å². The van der Waals surface area contributed by atoms with Crippen LogP contribution in [0.2, 0.25) is 0 Å². The Morgan fingerprint density at radius 3 is 2.44 bits per heavy atom. The maximum absolute atomic E-state index is 12.2. The van der Waals surface area contributed by atoms with Gasteiger partial charge in [-0.2, -0.15) is 0 Å².